The second-order valence-corrected chi connectivity index (χ2v) is 7.00. The first-order valence-corrected chi connectivity index (χ1v) is 9.07. The highest BCUT2D eigenvalue weighted by atomic mass is 35.5. The molecule has 0 saturated carbocycles. The summed E-state index contributed by atoms with van der Waals surface area (Å²) in [6.45, 7) is 5.38. The lowest BCUT2D eigenvalue weighted by atomic mass is 10.2. The van der Waals surface area contributed by atoms with Crippen molar-refractivity contribution >= 4 is 34.2 Å². The molecule has 2 aromatic carbocycles. The molecule has 0 radical (unpaired) electrons. The van der Waals surface area contributed by atoms with Crippen molar-refractivity contribution in [3.63, 3.8) is 0 Å². The van der Waals surface area contributed by atoms with E-state index in [1.54, 1.807) is 0 Å². The monoisotopic (exact) mass is 377 g/mol. The number of fused-ring (bicyclic) bond motifs is 1. The number of ether oxygens (including phenoxy) is 1. The van der Waals surface area contributed by atoms with Gasteiger partial charge in [-0.25, -0.2) is 4.98 Å². The summed E-state index contributed by atoms with van der Waals surface area (Å²) in [7, 11) is 0. The van der Waals surface area contributed by atoms with Gasteiger partial charge in [-0.2, -0.15) is 0 Å². The lowest BCUT2D eigenvalue weighted by molar-refractivity contribution is 0.242. The number of rotatable bonds is 7. The summed E-state index contributed by atoms with van der Waals surface area (Å²) in [5, 5.41) is 4.47. The van der Waals surface area contributed by atoms with Crippen molar-refractivity contribution in [2.45, 2.75) is 32.9 Å². The summed E-state index contributed by atoms with van der Waals surface area (Å²) >= 11 is 12.6. The Bertz CT molecular complexity index is 805. The summed E-state index contributed by atoms with van der Waals surface area (Å²) in [4.78, 5) is 7.90. The van der Waals surface area contributed by atoms with E-state index in [9.17, 15) is 0 Å². The fourth-order valence-electron chi connectivity index (χ4n) is 2.63. The molecule has 2 N–H and O–H groups in total. The number of halogens is 2. The van der Waals surface area contributed by atoms with Crippen LogP contribution in [0.25, 0.3) is 11.0 Å². The number of hydrogen-bond acceptors (Lipinski definition) is 3. The molecule has 6 heteroatoms. The zero-order valence-corrected chi connectivity index (χ0v) is 15.8. The Morgan fingerprint density at radius 3 is 2.56 bits per heavy atom. The number of nitrogens with zero attached hydrogens (tertiary/aromatic N) is 1. The topological polar surface area (TPSA) is 49.9 Å². The Balaban J connectivity index is 1.55. The highest BCUT2D eigenvalue weighted by molar-refractivity contribution is 6.37. The van der Waals surface area contributed by atoms with E-state index >= 15 is 0 Å². The molecule has 0 atom stereocenters. The van der Waals surface area contributed by atoms with Crippen LogP contribution in [0.1, 0.15) is 25.2 Å². The Kier molecular flexibility index (Phi) is 5.84. The normalized spacial score (nSPS) is 11.4. The predicted octanol–water partition coefficient (Wildman–Crippen LogP) is 4.99. The minimum Gasteiger partial charge on any atom is -0.488 e. The van der Waals surface area contributed by atoms with Gasteiger partial charge in [-0.3, -0.25) is 0 Å². The molecule has 4 nitrogen and oxygen atoms in total. The summed E-state index contributed by atoms with van der Waals surface area (Å²) in [5.41, 5.74) is 3.09. The molecule has 0 amide bonds. The van der Waals surface area contributed by atoms with Crippen LogP contribution in [0.3, 0.4) is 0 Å². The molecule has 0 bridgehead atoms. The number of aromatic nitrogens is 2. The molecule has 0 unspecified atom stereocenters. The summed E-state index contributed by atoms with van der Waals surface area (Å²) in [5.74, 6) is 1.52. The van der Waals surface area contributed by atoms with Crippen molar-refractivity contribution in [1.29, 1.82) is 0 Å². The Morgan fingerprint density at radius 1 is 1.16 bits per heavy atom. The first-order chi connectivity index (χ1) is 12.0. The minimum absolute atomic E-state index is 0.0304. The molecular formula is C19H21Cl2N3O. The van der Waals surface area contributed by atoms with Crippen LogP contribution in [-0.2, 0) is 13.0 Å². The third kappa shape index (κ3) is 4.66. The van der Waals surface area contributed by atoms with Crippen molar-refractivity contribution in [1.82, 2.24) is 15.3 Å². The fraction of sp³-hybridized carbons (Fsp3) is 0.316. The number of hydrogen-bond donors (Lipinski definition) is 2. The number of aromatic amines is 1. The third-order valence-electron chi connectivity index (χ3n) is 3.72. The molecule has 132 valence electrons. The molecule has 3 rings (SSSR count). The zero-order chi connectivity index (χ0) is 17.8. The number of nitrogens with one attached hydrogen (secondary N) is 2. The molecule has 0 aliphatic heterocycles. The SMILES string of the molecule is CC(C)Oc1c(Cl)cc(CNCCc2nc3ccccc3[nH]2)cc1Cl. The maximum absolute atomic E-state index is 6.28. The van der Waals surface area contributed by atoms with Gasteiger partial charge in [0.1, 0.15) is 5.82 Å². The molecule has 1 aromatic heterocycles. The predicted molar refractivity (Wildman–Crippen MR) is 104 cm³/mol. The summed E-state index contributed by atoms with van der Waals surface area (Å²) < 4.78 is 5.65. The van der Waals surface area contributed by atoms with Crippen LogP contribution in [0.5, 0.6) is 5.75 Å². The average molecular weight is 378 g/mol. The third-order valence-corrected chi connectivity index (χ3v) is 4.28. The van der Waals surface area contributed by atoms with E-state index in [0.717, 1.165) is 35.4 Å². The highest BCUT2D eigenvalue weighted by Gasteiger charge is 2.11. The van der Waals surface area contributed by atoms with Gasteiger partial charge in [0.15, 0.2) is 5.75 Å². The number of H-pyrrole nitrogens is 1. The van der Waals surface area contributed by atoms with E-state index in [4.69, 9.17) is 27.9 Å². The lowest BCUT2D eigenvalue weighted by Crippen LogP contribution is -2.17. The van der Waals surface area contributed by atoms with Crippen molar-refractivity contribution < 1.29 is 4.74 Å². The van der Waals surface area contributed by atoms with E-state index in [2.05, 4.69) is 15.3 Å². The van der Waals surface area contributed by atoms with E-state index in [-0.39, 0.29) is 6.10 Å². The highest BCUT2D eigenvalue weighted by Crippen LogP contribution is 2.34. The molecule has 0 spiro atoms. The number of para-hydroxylation sites is 2. The number of benzene rings is 2. The van der Waals surface area contributed by atoms with Crippen LogP contribution in [0.2, 0.25) is 10.0 Å². The average Bonchev–Trinajstić information content (AvgIpc) is 2.97. The molecule has 0 aliphatic rings. The lowest BCUT2D eigenvalue weighted by Gasteiger charge is -2.14. The molecule has 25 heavy (non-hydrogen) atoms. The van der Waals surface area contributed by atoms with Gasteiger partial charge in [0.05, 0.1) is 27.2 Å². The summed E-state index contributed by atoms with van der Waals surface area (Å²) in [6, 6.07) is 11.8. The van der Waals surface area contributed by atoms with Crippen LogP contribution < -0.4 is 10.1 Å². The van der Waals surface area contributed by atoms with Gasteiger partial charge in [-0.05, 0) is 43.7 Å². The van der Waals surface area contributed by atoms with E-state index in [0.29, 0.717) is 22.3 Å². The van der Waals surface area contributed by atoms with Gasteiger partial charge >= 0.3 is 0 Å². The second-order valence-electron chi connectivity index (χ2n) is 6.18. The molecule has 0 saturated heterocycles. The van der Waals surface area contributed by atoms with E-state index in [1.165, 1.54) is 0 Å². The minimum atomic E-state index is 0.0304. The van der Waals surface area contributed by atoms with Gasteiger partial charge in [0, 0.05) is 19.5 Å². The van der Waals surface area contributed by atoms with Crippen LogP contribution in [-0.4, -0.2) is 22.6 Å². The summed E-state index contributed by atoms with van der Waals surface area (Å²) in [6.07, 6.45) is 0.854. The van der Waals surface area contributed by atoms with Gasteiger partial charge in [-0.15, -0.1) is 0 Å². The Morgan fingerprint density at radius 2 is 1.88 bits per heavy atom. The smallest absolute Gasteiger partial charge is 0.156 e. The van der Waals surface area contributed by atoms with Crippen LogP contribution in [0.4, 0.5) is 0 Å². The van der Waals surface area contributed by atoms with Gasteiger partial charge < -0.3 is 15.0 Å². The van der Waals surface area contributed by atoms with Gasteiger partial charge in [-0.1, -0.05) is 35.3 Å². The van der Waals surface area contributed by atoms with Crippen LogP contribution in [0, 0.1) is 0 Å². The van der Waals surface area contributed by atoms with Crippen molar-refractivity contribution in [2.24, 2.45) is 0 Å². The molecule has 1 heterocycles. The van der Waals surface area contributed by atoms with E-state index < -0.39 is 0 Å². The second kappa shape index (κ2) is 8.09. The van der Waals surface area contributed by atoms with Gasteiger partial charge in [0.25, 0.3) is 0 Å². The fourth-order valence-corrected chi connectivity index (χ4v) is 3.25. The maximum Gasteiger partial charge on any atom is 0.156 e. The van der Waals surface area contributed by atoms with E-state index in [1.807, 2.05) is 50.2 Å². The van der Waals surface area contributed by atoms with Gasteiger partial charge in [0.2, 0.25) is 0 Å². The standard InChI is InChI=1S/C19H21Cl2N3O/c1-12(2)25-19-14(20)9-13(10-15(19)21)11-22-8-7-18-23-16-5-3-4-6-17(16)24-18/h3-6,9-10,12,22H,7-8,11H2,1-2H3,(H,23,24). The van der Waals surface area contributed by atoms with Crippen LogP contribution in [0.15, 0.2) is 36.4 Å². The Hall–Kier alpha value is -1.75. The molecule has 3 aromatic rings. The van der Waals surface area contributed by atoms with Crippen molar-refractivity contribution in [2.75, 3.05) is 6.54 Å². The zero-order valence-electron chi connectivity index (χ0n) is 14.3. The molecular weight excluding hydrogens is 357 g/mol. The molecule has 0 fully saturated rings. The first kappa shape index (κ1) is 18.1. The first-order valence-electron chi connectivity index (χ1n) is 8.32. The number of imidazole rings is 1. The van der Waals surface area contributed by atoms with Crippen LogP contribution >= 0.6 is 23.2 Å². The van der Waals surface area contributed by atoms with Crippen molar-refractivity contribution in [3.8, 4) is 5.75 Å². The Labute approximate surface area is 157 Å². The largest absolute Gasteiger partial charge is 0.488 e. The molecule has 0 aliphatic carbocycles. The maximum atomic E-state index is 6.28. The van der Waals surface area contributed by atoms with Crippen molar-refractivity contribution in [3.05, 3.63) is 57.8 Å². The quantitative estimate of drug-likeness (QED) is 0.570.